The minimum absolute atomic E-state index is 0.000584. The summed E-state index contributed by atoms with van der Waals surface area (Å²) in [5, 5.41) is 6.88. The van der Waals surface area contributed by atoms with Crippen LogP contribution in [0.25, 0.3) is 0 Å². The van der Waals surface area contributed by atoms with E-state index in [1.807, 2.05) is 0 Å². The van der Waals surface area contributed by atoms with E-state index >= 15 is 0 Å². The van der Waals surface area contributed by atoms with E-state index in [1.165, 1.54) is 0 Å². The molecule has 7 N–H and O–H groups in total. The molecule has 19 heavy (non-hydrogen) atoms. The van der Waals surface area contributed by atoms with Crippen LogP contribution < -0.4 is 27.6 Å². The van der Waals surface area contributed by atoms with Crippen LogP contribution in [0.1, 0.15) is 6.42 Å². The number of primary amides is 1. The van der Waals surface area contributed by atoms with Crippen molar-refractivity contribution in [3.8, 4) is 0 Å². The third-order valence-corrected chi connectivity index (χ3v) is 1.79. The topological polar surface area (TPSA) is 166 Å². The van der Waals surface area contributed by atoms with E-state index in [0.717, 1.165) is 0 Å². The summed E-state index contributed by atoms with van der Waals surface area (Å²) in [7, 11) is 0. The van der Waals surface area contributed by atoms with Gasteiger partial charge in [0.05, 0.1) is 13.1 Å². The molecule has 0 aromatic rings. The number of carbonyl (C=O) groups excluding carboxylic acids is 4. The minimum Gasteiger partial charge on any atom is -0.368 e. The van der Waals surface area contributed by atoms with Crippen molar-refractivity contribution < 1.29 is 24.0 Å². The van der Waals surface area contributed by atoms with E-state index in [9.17, 15) is 19.2 Å². The fraction of sp³-hybridized carbons (Fsp3) is 0.556. The lowest BCUT2D eigenvalue weighted by atomic mass is 10.4. The van der Waals surface area contributed by atoms with Gasteiger partial charge in [0.2, 0.25) is 23.6 Å². The van der Waals surface area contributed by atoms with Gasteiger partial charge in [-0.25, -0.2) is 5.90 Å². The molecule has 0 aliphatic carbocycles. The normalized spacial score (nSPS) is 9.53. The second-order valence-corrected chi connectivity index (χ2v) is 3.43. The maximum atomic E-state index is 11.2. The molecule has 0 aliphatic heterocycles. The first-order valence-electron chi connectivity index (χ1n) is 5.35. The Morgan fingerprint density at radius 3 is 2.11 bits per heavy atom. The molecule has 4 amide bonds. The summed E-state index contributed by atoms with van der Waals surface area (Å²) in [5.74, 6) is 2.59. The highest BCUT2D eigenvalue weighted by Crippen LogP contribution is 1.78. The maximum absolute atomic E-state index is 11.2. The standard InChI is InChI=1S/C9H17N5O5/c10-6(15)3-13-8(17)4-14-7(16)1-2-12-9(18)5-19-11/h1-5,11H2,(H2,10,15)(H,12,18)(H,13,17)(H,14,16). The summed E-state index contributed by atoms with van der Waals surface area (Å²) >= 11 is 0. The van der Waals surface area contributed by atoms with Crippen LogP contribution in [0.15, 0.2) is 0 Å². The molecule has 0 rings (SSSR count). The molecule has 0 saturated carbocycles. The van der Waals surface area contributed by atoms with Crippen molar-refractivity contribution in [1.82, 2.24) is 16.0 Å². The van der Waals surface area contributed by atoms with Crippen molar-refractivity contribution >= 4 is 23.6 Å². The number of carbonyl (C=O) groups is 4. The molecule has 0 spiro atoms. The molecule has 0 aromatic carbocycles. The molecular formula is C9H17N5O5. The summed E-state index contributed by atoms with van der Waals surface area (Å²) in [5.41, 5.74) is 4.82. The highest BCUT2D eigenvalue weighted by Gasteiger charge is 2.07. The summed E-state index contributed by atoms with van der Waals surface area (Å²) in [4.78, 5) is 47.6. The van der Waals surface area contributed by atoms with Crippen LogP contribution in [0.2, 0.25) is 0 Å². The number of nitrogens with one attached hydrogen (secondary N) is 3. The molecule has 0 fully saturated rings. The molecule has 108 valence electrons. The van der Waals surface area contributed by atoms with Crippen LogP contribution in [0.4, 0.5) is 0 Å². The zero-order chi connectivity index (χ0) is 14.7. The molecular weight excluding hydrogens is 258 g/mol. The Labute approximate surface area is 109 Å². The Balaban J connectivity index is 3.61. The number of hydrogen-bond donors (Lipinski definition) is 5. The first kappa shape index (κ1) is 16.8. The van der Waals surface area contributed by atoms with E-state index in [1.54, 1.807) is 0 Å². The fourth-order valence-corrected chi connectivity index (χ4v) is 0.958. The van der Waals surface area contributed by atoms with E-state index < -0.39 is 23.6 Å². The maximum Gasteiger partial charge on any atom is 0.248 e. The molecule has 0 heterocycles. The molecule has 0 aliphatic rings. The molecule has 10 nitrogen and oxygen atoms in total. The van der Waals surface area contributed by atoms with Gasteiger partial charge >= 0.3 is 0 Å². The molecule has 0 radical (unpaired) electrons. The summed E-state index contributed by atoms with van der Waals surface area (Å²) in [6.45, 7) is -0.760. The van der Waals surface area contributed by atoms with Gasteiger partial charge in [-0.05, 0) is 0 Å². The lowest BCUT2D eigenvalue weighted by molar-refractivity contribution is -0.127. The summed E-state index contributed by atoms with van der Waals surface area (Å²) in [6, 6.07) is 0. The Morgan fingerprint density at radius 1 is 0.895 bits per heavy atom. The lowest BCUT2D eigenvalue weighted by Crippen LogP contribution is -2.41. The van der Waals surface area contributed by atoms with Crippen LogP contribution in [-0.4, -0.2) is 49.9 Å². The Hall–Kier alpha value is -2.20. The predicted octanol–water partition coefficient (Wildman–Crippen LogP) is -3.90. The van der Waals surface area contributed by atoms with Gasteiger partial charge in [-0.3, -0.25) is 24.0 Å². The zero-order valence-electron chi connectivity index (χ0n) is 10.2. The molecule has 0 aromatic heterocycles. The van der Waals surface area contributed by atoms with E-state index in [0.29, 0.717) is 0 Å². The number of amides is 4. The van der Waals surface area contributed by atoms with Crippen molar-refractivity contribution in [3.63, 3.8) is 0 Å². The van der Waals surface area contributed by atoms with Crippen LogP contribution >= 0.6 is 0 Å². The van der Waals surface area contributed by atoms with E-state index in [4.69, 9.17) is 5.73 Å². The van der Waals surface area contributed by atoms with Gasteiger partial charge in [0.15, 0.2) is 0 Å². The van der Waals surface area contributed by atoms with Gasteiger partial charge in [-0.15, -0.1) is 0 Å². The van der Waals surface area contributed by atoms with Gasteiger partial charge in [0, 0.05) is 13.0 Å². The monoisotopic (exact) mass is 275 g/mol. The molecule has 0 bridgehead atoms. The Kier molecular flexibility index (Phi) is 8.66. The van der Waals surface area contributed by atoms with Gasteiger partial charge in [-0.1, -0.05) is 0 Å². The van der Waals surface area contributed by atoms with E-state index in [2.05, 4.69) is 26.7 Å². The van der Waals surface area contributed by atoms with Gasteiger partial charge in [0.1, 0.15) is 6.61 Å². The Bertz CT molecular complexity index is 346. The van der Waals surface area contributed by atoms with Crippen molar-refractivity contribution in [1.29, 1.82) is 0 Å². The second kappa shape index (κ2) is 9.79. The average Bonchev–Trinajstić information content (AvgIpc) is 2.34. The predicted molar refractivity (Wildman–Crippen MR) is 63.0 cm³/mol. The molecule has 0 atom stereocenters. The minimum atomic E-state index is -0.676. The average molecular weight is 275 g/mol. The quantitative estimate of drug-likeness (QED) is 0.270. The third-order valence-electron chi connectivity index (χ3n) is 1.79. The summed E-state index contributed by atoms with van der Waals surface area (Å²) < 4.78 is 0. The van der Waals surface area contributed by atoms with Gasteiger partial charge in [-0.2, -0.15) is 0 Å². The second-order valence-electron chi connectivity index (χ2n) is 3.43. The highest BCUT2D eigenvalue weighted by molar-refractivity contribution is 5.87. The third kappa shape index (κ3) is 10.7. The van der Waals surface area contributed by atoms with Crippen LogP contribution in [0, 0.1) is 0 Å². The SMILES string of the molecule is NOCC(=O)NCCC(=O)NCC(=O)NCC(N)=O. The highest BCUT2D eigenvalue weighted by atomic mass is 16.6. The van der Waals surface area contributed by atoms with Crippen molar-refractivity contribution in [2.45, 2.75) is 6.42 Å². The van der Waals surface area contributed by atoms with Crippen molar-refractivity contribution in [3.05, 3.63) is 0 Å². The van der Waals surface area contributed by atoms with Crippen molar-refractivity contribution in [2.24, 2.45) is 11.6 Å². The van der Waals surface area contributed by atoms with Crippen LogP contribution in [0.3, 0.4) is 0 Å². The first-order valence-corrected chi connectivity index (χ1v) is 5.35. The van der Waals surface area contributed by atoms with Crippen LogP contribution in [-0.2, 0) is 24.0 Å². The van der Waals surface area contributed by atoms with Crippen molar-refractivity contribution in [2.75, 3.05) is 26.2 Å². The number of rotatable bonds is 9. The van der Waals surface area contributed by atoms with Gasteiger partial charge < -0.3 is 21.7 Å². The largest absolute Gasteiger partial charge is 0.368 e. The fourth-order valence-electron chi connectivity index (χ4n) is 0.958. The molecule has 0 unspecified atom stereocenters. The zero-order valence-corrected chi connectivity index (χ0v) is 10.2. The summed E-state index contributed by atoms with van der Waals surface area (Å²) in [6.07, 6.45) is -0.000584. The smallest absolute Gasteiger partial charge is 0.248 e. The number of nitrogens with two attached hydrogens (primary N) is 2. The first-order chi connectivity index (χ1) is 8.95. The van der Waals surface area contributed by atoms with E-state index in [-0.39, 0.29) is 32.7 Å². The van der Waals surface area contributed by atoms with Gasteiger partial charge in [0.25, 0.3) is 0 Å². The van der Waals surface area contributed by atoms with Crippen LogP contribution in [0.5, 0.6) is 0 Å². The molecule has 10 heteroatoms. The molecule has 0 saturated heterocycles. The Morgan fingerprint density at radius 2 is 1.53 bits per heavy atom. The number of hydrogen-bond acceptors (Lipinski definition) is 6. The lowest BCUT2D eigenvalue weighted by Gasteiger charge is -2.06.